The summed E-state index contributed by atoms with van der Waals surface area (Å²) in [5.74, 6) is 0. The van der Waals surface area contributed by atoms with E-state index < -0.39 is 0 Å². The van der Waals surface area contributed by atoms with Gasteiger partial charge in [-0.1, -0.05) is 0 Å². The first-order valence-electron chi connectivity index (χ1n) is 3.19. The first kappa shape index (κ1) is 8.88. The van der Waals surface area contributed by atoms with Gasteiger partial charge < -0.3 is 15.7 Å². The number of nitrogens with zero attached hydrogens (tertiary/aromatic N) is 1. The van der Waals surface area contributed by atoms with Crippen LogP contribution in [-0.4, -0.2) is 43.3 Å². The summed E-state index contributed by atoms with van der Waals surface area (Å²) >= 11 is 0. The zero-order valence-electron chi connectivity index (χ0n) is 6.17. The Labute approximate surface area is 56.5 Å². The highest BCUT2D eigenvalue weighted by molar-refractivity contribution is 4.56. The lowest BCUT2D eigenvalue weighted by Crippen LogP contribution is -2.25. The van der Waals surface area contributed by atoms with Crippen molar-refractivity contribution in [3.8, 4) is 0 Å². The van der Waals surface area contributed by atoms with Gasteiger partial charge in [-0.25, -0.2) is 0 Å². The maximum absolute atomic E-state index is 8.96. The quantitative estimate of drug-likeness (QED) is 0.529. The highest BCUT2D eigenvalue weighted by Crippen LogP contribution is 1.88. The average Bonchev–Trinajstić information content (AvgIpc) is 1.83. The normalized spacial score (nSPS) is 14.3. The van der Waals surface area contributed by atoms with E-state index in [0.717, 1.165) is 13.0 Å². The third kappa shape index (κ3) is 5.76. The lowest BCUT2D eigenvalue weighted by molar-refractivity contribution is 0.159. The summed E-state index contributed by atoms with van der Waals surface area (Å²) in [6.07, 6.45) is 0.441. The van der Waals surface area contributed by atoms with Crippen LogP contribution < -0.4 is 5.73 Å². The van der Waals surface area contributed by atoms with Crippen LogP contribution in [0, 0.1) is 0 Å². The van der Waals surface area contributed by atoms with E-state index in [4.69, 9.17) is 10.8 Å². The fraction of sp³-hybridized carbons (Fsp3) is 1.00. The number of rotatable bonds is 4. The molecular weight excluding hydrogens is 116 g/mol. The van der Waals surface area contributed by atoms with Gasteiger partial charge >= 0.3 is 0 Å². The second kappa shape index (κ2) is 4.73. The lowest BCUT2D eigenvalue weighted by Gasteiger charge is -2.11. The van der Waals surface area contributed by atoms with Crippen molar-refractivity contribution in [1.29, 1.82) is 0 Å². The highest BCUT2D eigenvalue weighted by Gasteiger charge is 1.99. The molecule has 0 aliphatic heterocycles. The molecule has 0 aromatic carbocycles. The molecule has 0 bridgehead atoms. The van der Waals surface area contributed by atoms with E-state index in [1.807, 2.05) is 19.0 Å². The van der Waals surface area contributed by atoms with E-state index in [1.165, 1.54) is 0 Å². The molecule has 0 amide bonds. The van der Waals surface area contributed by atoms with Crippen molar-refractivity contribution in [2.75, 3.05) is 27.2 Å². The molecule has 0 saturated heterocycles. The molecule has 0 rings (SSSR count). The molecule has 3 nitrogen and oxygen atoms in total. The Kier molecular flexibility index (Phi) is 4.67. The van der Waals surface area contributed by atoms with Crippen LogP contribution in [0.3, 0.4) is 0 Å². The van der Waals surface area contributed by atoms with Crippen LogP contribution in [0.15, 0.2) is 0 Å². The third-order valence-electron chi connectivity index (χ3n) is 1.18. The second-order valence-corrected chi connectivity index (χ2v) is 2.48. The summed E-state index contributed by atoms with van der Waals surface area (Å²) in [6, 6.07) is 0. The Morgan fingerprint density at radius 1 is 1.56 bits per heavy atom. The van der Waals surface area contributed by atoms with Gasteiger partial charge in [0.05, 0.1) is 6.10 Å². The number of nitrogens with two attached hydrogens (primary N) is 1. The molecule has 0 spiro atoms. The molecular formula is C6H16N2O. The minimum atomic E-state index is -0.326. The average molecular weight is 132 g/mol. The first-order chi connectivity index (χ1) is 4.16. The summed E-state index contributed by atoms with van der Waals surface area (Å²) < 4.78 is 0. The Morgan fingerprint density at radius 3 is 2.44 bits per heavy atom. The first-order valence-corrected chi connectivity index (χ1v) is 3.19. The van der Waals surface area contributed by atoms with Crippen molar-refractivity contribution in [3.05, 3.63) is 0 Å². The van der Waals surface area contributed by atoms with Crippen molar-refractivity contribution in [2.24, 2.45) is 5.73 Å². The van der Waals surface area contributed by atoms with Crippen LogP contribution in [0.2, 0.25) is 0 Å². The van der Waals surface area contributed by atoms with Crippen LogP contribution >= 0.6 is 0 Å². The standard InChI is InChI=1S/C6H16N2O/c1-8(2)4-3-6(9)5-7/h6,9H,3-5,7H2,1-2H3. The van der Waals surface area contributed by atoms with Crippen molar-refractivity contribution in [1.82, 2.24) is 4.90 Å². The zero-order chi connectivity index (χ0) is 7.28. The summed E-state index contributed by atoms with van der Waals surface area (Å²) in [6.45, 7) is 1.27. The molecule has 0 saturated carbocycles. The fourth-order valence-corrected chi connectivity index (χ4v) is 0.525. The van der Waals surface area contributed by atoms with Crippen molar-refractivity contribution in [3.63, 3.8) is 0 Å². The van der Waals surface area contributed by atoms with Gasteiger partial charge in [0.25, 0.3) is 0 Å². The minimum Gasteiger partial charge on any atom is -0.392 e. The molecule has 3 N–H and O–H groups in total. The second-order valence-electron chi connectivity index (χ2n) is 2.48. The molecule has 56 valence electrons. The van der Waals surface area contributed by atoms with Gasteiger partial charge in [-0.3, -0.25) is 0 Å². The number of hydrogen-bond acceptors (Lipinski definition) is 3. The Bertz CT molecular complexity index is 66.1. The Morgan fingerprint density at radius 2 is 2.11 bits per heavy atom. The van der Waals surface area contributed by atoms with Gasteiger partial charge in [0.2, 0.25) is 0 Å². The number of aliphatic hydroxyl groups excluding tert-OH is 1. The summed E-state index contributed by atoms with van der Waals surface area (Å²) in [5.41, 5.74) is 5.19. The van der Waals surface area contributed by atoms with Gasteiger partial charge in [0.15, 0.2) is 0 Å². The molecule has 9 heavy (non-hydrogen) atoms. The lowest BCUT2D eigenvalue weighted by atomic mass is 10.2. The maximum Gasteiger partial charge on any atom is 0.0674 e. The molecule has 1 atom stereocenters. The molecule has 0 radical (unpaired) electrons. The van der Waals surface area contributed by atoms with E-state index in [9.17, 15) is 0 Å². The fourth-order valence-electron chi connectivity index (χ4n) is 0.525. The third-order valence-corrected chi connectivity index (χ3v) is 1.18. The smallest absolute Gasteiger partial charge is 0.0674 e. The summed E-state index contributed by atoms with van der Waals surface area (Å²) in [4.78, 5) is 2.03. The summed E-state index contributed by atoms with van der Waals surface area (Å²) in [5, 5.41) is 8.96. The van der Waals surface area contributed by atoms with Gasteiger partial charge in [-0.15, -0.1) is 0 Å². The molecule has 0 aliphatic rings. The maximum atomic E-state index is 8.96. The van der Waals surface area contributed by atoms with Crippen LogP contribution in [0.4, 0.5) is 0 Å². The van der Waals surface area contributed by atoms with Crippen LogP contribution in [0.5, 0.6) is 0 Å². The van der Waals surface area contributed by atoms with Gasteiger partial charge in [0.1, 0.15) is 0 Å². The van der Waals surface area contributed by atoms with Gasteiger partial charge in [-0.05, 0) is 20.5 Å². The zero-order valence-corrected chi connectivity index (χ0v) is 6.17. The molecule has 0 fully saturated rings. The van der Waals surface area contributed by atoms with E-state index in [0.29, 0.717) is 6.54 Å². The molecule has 1 unspecified atom stereocenters. The number of hydrogen-bond donors (Lipinski definition) is 2. The molecule has 0 aromatic rings. The van der Waals surface area contributed by atoms with Crippen molar-refractivity contribution < 1.29 is 5.11 Å². The van der Waals surface area contributed by atoms with Crippen LogP contribution in [0.1, 0.15) is 6.42 Å². The summed E-state index contributed by atoms with van der Waals surface area (Å²) in [7, 11) is 3.95. The SMILES string of the molecule is CN(C)CCC(O)CN. The van der Waals surface area contributed by atoms with Gasteiger partial charge in [-0.2, -0.15) is 0 Å². The monoisotopic (exact) mass is 132 g/mol. The molecule has 0 aromatic heterocycles. The van der Waals surface area contributed by atoms with Gasteiger partial charge in [0, 0.05) is 13.1 Å². The largest absolute Gasteiger partial charge is 0.392 e. The Hall–Kier alpha value is -0.120. The van der Waals surface area contributed by atoms with E-state index in [1.54, 1.807) is 0 Å². The molecule has 0 aliphatic carbocycles. The predicted octanol–water partition coefficient (Wildman–Crippen LogP) is -0.742. The molecule has 3 heteroatoms. The Balaban J connectivity index is 3.06. The molecule has 0 heterocycles. The van der Waals surface area contributed by atoms with E-state index in [2.05, 4.69) is 0 Å². The van der Waals surface area contributed by atoms with Crippen LogP contribution in [0.25, 0.3) is 0 Å². The van der Waals surface area contributed by atoms with Crippen molar-refractivity contribution >= 4 is 0 Å². The highest BCUT2D eigenvalue weighted by atomic mass is 16.3. The topological polar surface area (TPSA) is 49.5 Å². The van der Waals surface area contributed by atoms with Crippen LogP contribution in [-0.2, 0) is 0 Å². The van der Waals surface area contributed by atoms with E-state index in [-0.39, 0.29) is 6.10 Å². The number of aliphatic hydroxyl groups is 1. The van der Waals surface area contributed by atoms with E-state index >= 15 is 0 Å². The minimum absolute atomic E-state index is 0.326. The van der Waals surface area contributed by atoms with Crippen molar-refractivity contribution in [2.45, 2.75) is 12.5 Å². The predicted molar refractivity (Wildman–Crippen MR) is 38.2 cm³/mol.